The highest BCUT2D eigenvalue weighted by atomic mass is 15.2. The summed E-state index contributed by atoms with van der Waals surface area (Å²) in [5.74, 6) is 0.625. The van der Waals surface area contributed by atoms with E-state index >= 15 is 0 Å². The highest BCUT2D eigenvalue weighted by Crippen LogP contribution is 2.38. The summed E-state index contributed by atoms with van der Waals surface area (Å²) in [6, 6.07) is 7.54. The summed E-state index contributed by atoms with van der Waals surface area (Å²) in [7, 11) is 0. The topological polar surface area (TPSA) is 15.3 Å². The third-order valence-electron chi connectivity index (χ3n) is 4.09. The van der Waals surface area contributed by atoms with Gasteiger partial charge in [0, 0.05) is 24.8 Å². The number of para-hydroxylation sites is 1. The van der Waals surface area contributed by atoms with E-state index in [2.05, 4.69) is 42.3 Å². The fourth-order valence-electron chi connectivity index (χ4n) is 3.26. The fraction of sp³-hybridized carbons (Fsp3) is 0.600. The smallest absolute Gasteiger partial charge is 0.0455 e. The van der Waals surface area contributed by atoms with Crippen molar-refractivity contribution < 1.29 is 0 Å². The van der Waals surface area contributed by atoms with Crippen molar-refractivity contribution >= 4 is 5.69 Å². The van der Waals surface area contributed by atoms with E-state index in [0.717, 1.165) is 6.54 Å². The number of nitrogens with zero attached hydrogens (tertiary/aromatic N) is 1. The Morgan fingerprint density at radius 1 is 1.35 bits per heavy atom. The van der Waals surface area contributed by atoms with Gasteiger partial charge in [-0.25, -0.2) is 0 Å². The van der Waals surface area contributed by atoms with Crippen molar-refractivity contribution in [1.29, 1.82) is 0 Å². The molecule has 1 saturated heterocycles. The average molecular weight is 230 g/mol. The molecule has 2 aliphatic heterocycles. The molecule has 17 heavy (non-hydrogen) atoms. The second kappa shape index (κ2) is 4.34. The summed E-state index contributed by atoms with van der Waals surface area (Å²) in [5.41, 5.74) is 4.65. The molecule has 0 radical (unpaired) electrons. The minimum Gasteiger partial charge on any atom is -0.366 e. The number of hydrogen-bond donors (Lipinski definition) is 1. The average Bonchev–Trinajstić information content (AvgIpc) is 2.52. The zero-order valence-electron chi connectivity index (χ0n) is 10.9. The van der Waals surface area contributed by atoms with Gasteiger partial charge in [0.25, 0.3) is 0 Å². The van der Waals surface area contributed by atoms with Gasteiger partial charge in [-0.1, -0.05) is 32.0 Å². The Kier molecular flexibility index (Phi) is 2.83. The highest BCUT2D eigenvalue weighted by molar-refractivity contribution is 5.65. The van der Waals surface area contributed by atoms with Gasteiger partial charge in [-0.05, 0) is 36.4 Å². The van der Waals surface area contributed by atoms with Crippen LogP contribution in [0.15, 0.2) is 18.2 Å². The maximum absolute atomic E-state index is 3.56. The van der Waals surface area contributed by atoms with Crippen molar-refractivity contribution in [1.82, 2.24) is 5.32 Å². The van der Waals surface area contributed by atoms with Crippen LogP contribution >= 0.6 is 0 Å². The lowest BCUT2D eigenvalue weighted by Gasteiger charge is -2.27. The number of benzene rings is 1. The molecule has 2 heteroatoms. The summed E-state index contributed by atoms with van der Waals surface area (Å²) >= 11 is 0. The lowest BCUT2D eigenvalue weighted by molar-refractivity contribution is 0.612. The zero-order valence-corrected chi connectivity index (χ0v) is 10.9. The van der Waals surface area contributed by atoms with Crippen LogP contribution in [0.1, 0.15) is 37.3 Å². The molecular formula is C15H22N2. The van der Waals surface area contributed by atoms with Gasteiger partial charge in [-0.3, -0.25) is 0 Å². The second-order valence-electron chi connectivity index (χ2n) is 5.62. The predicted octanol–water partition coefficient (Wildman–Crippen LogP) is 2.53. The standard InChI is InChI=1S/C15H22N2/c1-11(2)14-6-3-5-12-9-13-10-16-7-4-8-17(13)15(12)14/h3,5-6,11,13,16H,4,7-10H2,1-2H3. The minimum atomic E-state index is 0.625. The van der Waals surface area contributed by atoms with E-state index in [-0.39, 0.29) is 0 Å². The molecule has 1 N–H and O–H groups in total. The van der Waals surface area contributed by atoms with E-state index < -0.39 is 0 Å². The third kappa shape index (κ3) is 1.85. The molecular weight excluding hydrogens is 208 g/mol. The molecule has 1 atom stereocenters. The van der Waals surface area contributed by atoms with Gasteiger partial charge in [0.2, 0.25) is 0 Å². The summed E-state index contributed by atoms with van der Waals surface area (Å²) in [6.45, 7) is 8.14. The molecule has 1 fully saturated rings. The molecule has 0 saturated carbocycles. The first-order valence-corrected chi connectivity index (χ1v) is 6.86. The van der Waals surface area contributed by atoms with Crippen LogP contribution in [-0.2, 0) is 6.42 Å². The van der Waals surface area contributed by atoms with Crippen molar-refractivity contribution in [2.24, 2.45) is 0 Å². The van der Waals surface area contributed by atoms with Crippen molar-refractivity contribution in [3.63, 3.8) is 0 Å². The number of hydrogen-bond acceptors (Lipinski definition) is 2. The van der Waals surface area contributed by atoms with E-state index in [1.54, 1.807) is 11.3 Å². The van der Waals surface area contributed by atoms with Crippen LogP contribution in [0.25, 0.3) is 0 Å². The Labute approximate surface area is 104 Å². The Bertz CT molecular complexity index is 411. The Morgan fingerprint density at radius 3 is 3.06 bits per heavy atom. The van der Waals surface area contributed by atoms with Gasteiger partial charge in [0.1, 0.15) is 0 Å². The van der Waals surface area contributed by atoms with E-state index in [9.17, 15) is 0 Å². The molecule has 2 aliphatic rings. The molecule has 92 valence electrons. The predicted molar refractivity (Wildman–Crippen MR) is 72.9 cm³/mol. The van der Waals surface area contributed by atoms with Crippen LogP contribution in [0.2, 0.25) is 0 Å². The summed E-state index contributed by atoms with van der Waals surface area (Å²) < 4.78 is 0. The molecule has 0 amide bonds. The van der Waals surface area contributed by atoms with Crippen molar-refractivity contribution in [3.8, 4) is 0 Å². The zero-order chi connectivity index (χ0) is 11.8. The molecule has 1 aromatic rings. The summed E-state index contributed by atoms with van der Waals surface area (Å²) in [4.78, 5) is 2.66. The van der Waals surface area contributed by atoms with Crippen LogP contribution < -0.4 is 10.2 Å². The van der Waals surface area contributed by atoms with E-state index in [1.807, 2.05) is 0 Å². The number of fused-ring (bicyclic) bond motifs is 3. The molecule has 2 heterocycles. The number of nitrogens with one attached hydrogen (secondary N) is 1. The van der Waals surface area contributed by atoms with E-state index in [0.29, 0.717) is 12.0 Å². The van der Waals surface area contributed by atoms with Gasteiger partial charge >= 0.3 is 0 Å². The first kappa shape index (κ1) is 11.1. The van der Waals surface area contributed by atoms with Crippen LogP contribution in [0, 0.1) is 0 Å². The number of rotatable bonds is 1. The Hall–Kier alpha value is -1.02. The lowest BCUT2D eigenvalue weighted by Crippen LogP contribution is -2.37. The highest BCUT2D eigenvalue weighted by Gasteiger charge is 2.32. The van der Waals surface area contributed by atoms with Crippen molar-refractivity contribution in [2.75, 3.05) is 24.5 Å². The minimum absolute atomic E-state index is 0.625. The fourth-order valence-corrected chi connectivity index (χ4v) is 3.26. The molecule has 0 aromatic heterocycles. The van der Waals surface area contributed by atoms with Crippen LogP contribution in [0.5, 0.6) is 0 Å². The monoisotopic (exact) mass is 230 g/mol. The summed E-state index contributed by atoms with van der Waals surface area (Å²) in [6.07, 6.45) is 2.49. The maximum atomic E-state index is 3.56. The SMILES string of the molecule is CC(C)c1cccc2c1N1CCCNCC1C2. The molecule has 3 rings (SSSR count). The van der Waals surface area contributed by atoms with Crippen LogP contribution in [0.3, 0.4) is 0 Å². The van der Waals surface area contributed by atoms with Gasteiger partial charge < -0.3 is 10.2 Å². The van der Waals surface area contributed by atoms with E-state index in [4.69, 9.17) is 0 Å². The third-order valence-corrected chi connectivity index (χ3v) is 4.09. The quantitative estimate of drug-likeness (QED) is 0.797. The van der Waals surface area contributed by atoms with Gasteiger partial charge in [0.15, 0.2) is 0 Å². The Balaban J connectivity index is 2.03. The van der Waals surface area contributed by atoms with Gasteiger partial charge in [0.05, 0.1) is 0 Å². The first-order chi connectivity index (χ1) is 8.27. The number of anilines is 1. The molecule has 1 aromatic carbocycles. The maximum Gasteiger partial charge on any atom is 0.0455 e. The molecule has 0 aliphatic carbocycles. The largest absolute Gasteiger partial charge is 0.366 e. The van der Waals surface area contributed by atoms with Crippen molar-refractivity contribution in [3.05, 3.63) is 29.3 Å². The molecule has 2 nitrogen and oxygen atoms in total. The second-order valence-corrected chi connectivity index (χ2v) is 5.62. The first-order valence-electron chi connectivity index (χ1n) is 6.86. The lowest BCUT2D eigenvalue weighted by atomic mass is 9.98. The normalized spacial score (nSPS) is 23.5. The Morgan fingerprint density at radius 2 is 2.24 bits per heavy atom. The summed E-state index contributed by atoms with van der Waals surface area (Å²) in [5, 5.41) is 3.56. The van der Waals surface area contributed by atoms with Gasteiger partial charge in [-0.15, -0.1) is 0 Å². The van der Waals surface area contributed by atoms with Crippen LogP contribution in [-0.4, -0.2) is 25.7 Å². The molecule has 0 spiro atoms. The van der Waals surface area contributed by atoms with E-state index in [1.165, 1.54) is 31.5 Å². The molecule has 0 bridgehead atoms. The molecule has 1 unspecified atom stereocenters. The van der Waals surface area contributed by atoms with Crippen molar-refractivity contribution in [2.45, 2.75) is 38.6 Å². The van der Waals surface area contributed by atoms with Gasteiger partial charge in [-0.2, -0.15) is 0 Å². The van der Waals surface area contributed by atoms with Crippen LogP contribution in [0.4, 0.5) is 5.69 Å².